The van der Waals surface area contributed by atoms with Crippen LogP contribution in [0.3, 0.4) is 0 Å². The molecule has 14 heavy (non-hydrogen) atoms. The van der Waals surface area contributed by atoms with Gasteiger partial charge in [0.05, 0.1) is 12.5 Å². The van der Waals surface area contributed by atoms with E-state index in [0.29, 0.717) is 0 Å². The lowest BCUT2D eigenvalue weighted by molar-refractivity contribution is -0.121. The van der Waals surface area contributed by atoms with E-state index >= 15 is 0 Å². The van der Waals surface area contributed by atoms with E-state index in [1.807, 2.05) is 31.2 Å². The molecule has 3 nitrogen and oxygen atoms in total. The smallest absolute Gasteiger partial charge is 0.227 e. The average Bonchev–Trinajstić information content (AvgIpc) is 2.27. The van der Waals surface area contributed by atoms with Gasteiger partial charge in [-0.15, -0.1) is 0 Å². The number of aliphatic hydroxyl groups is 1. The van der Waals surface area contributed by atoms with Crippen molar-refractivity contribution in [1.29, 1.82) is 0 Å². The number of hydrogen-bond donors (Lipinski definition) is 2. The van der Waals surface area contributed by atoms with Crippen LogP contribution in [-0.2, 0) is 11.4 Å². The van der Waals surface area contributed by atoms with Crippen LogP contribution >= 0.6 is 0 Å². The Bertz CT molecular complexity index is 306. The van der Waals surface area contributed by atoms with Crippen molar-refractivity contribution in [2.75, 3.05) is 0 Å². The quantitative estimate of drug-likeness (QED) is 0.755. The summed E-state index contributed by atoms with van der Waals surface area (Å²) in [4.78, 5) is 11.2. The van der Waals surface area contributed by atoms with Gasteiger partial charge in [-0.25, -0.2) is 0 Å². The second kappa shape index (κ2) is 4.77. The fourth-order valence-electron chi connectivity index (χ4n) is 1.22. The van der Waals surface area contributed by atoms with Crippen molar-refractivity contribution in [3.63, 3.8) is 0 Å². The van der Waals surface area contributed by atoms with Crippen molar-refractivity contribution in [1.82, 2.24) is 5.32 Å². The third-order valence-electron chi connectivity index (χ3n) is 2.23. The summed E-state index contributed by atoms with van der Waals surface area (Å²) in [6.45, 7) is 1.84. The summed E-state index contributed by atoms with van der Waals surface area (Å²) in [6, 6.07) is 7.29. The molecule has 1 aromatic carbocycles. The zero-order valence-electron chi connectivity index (χ0n) is 8.16. The van der Waals surface area contributed by atoms with Gasteiger partial charge >= 0.3 is 0 Å². The van der Waals surface area contributed by atoms with Crippen molar-refractivity contribution >= 4 is 5.91 Å². The molecule has 0 fully saturated rings. The summed E-state index contributed by atoms with van der Waals surface area (Å²) in [7, 11) is 3.33. The molecule has 0 aliphatic heterocycles. The number of amides is 1. The molecule has 3 heteroatoms. The molecule has 0 aliphatic carbocycles. The molecule has 0 saturated carbocycles. The standard InChI is InChI=1S/C11H14NO2/c1-8(11(14)12-2)10-5-3-9(7-13)4-6-10/h3-6,8,13H,2,7H2,1H3,(H,12,14). The summed E-state index contributed by atoms with van der Waals surface area (Å²) in [5.41, 5.74) is 1.76. The van der Waals surface area contributed by atoms with E-state index in [4.69, 9.17) is 5.11 Å². The topological polar surface area (TPSA) is 49.3 Å². The molecule has 1 rings (SSSR count). The molecule has 0 bridgehead atoms. The van der Waals surface area contributed by atoms with Gasteiger partial charge in [0.25, 0.3) is 0 Å². The van der Waals surface area contributed by atoms with Crippen molar-refractivity contribution in [3.05, 3.63) is 42.4 Å². The molecule has 0 saturated heterocycles. The third-order valence-corrected chi connectivity index (χ3v) is 2.23. The first-order chi connectivity index (χ1) is 6.69. The summed E-state index contributed by atoms with van der Waals surface area (Å²) in [6.07, 6.45) is 0. The highest BCUT2D eigenvalue weighted by Gasteiger charge is 2.12. The SMILES string of the molecule is [CH2]NC(=O)C(C)c1ccc(CO)cc1. The minimum Gasteiger partial charge on any atom is -0.392 e. The minimum atomic E-state index is -0.208. The lowest BCUT2D eigenvalue weighted by Crippen LogP contribution is -2.21. The highest BCUT2D eigenvalue weighted by molar-refractivity contribution is 5.83. The average molecular weight is 192 g/mol. The number of hydrogen-bond acceptors (Lipinski definition) is 2. The van der Waals surface area contributed by atoms with E-state index in [1.165, 1.54) is 0 Å². The number of benzene rings is 1. The highest BCUT2D eigenvalue weighted by Crippen LogP contribution is 2.15. The first-order valence-corrected chi connectivity index (χ1v) is 4.45. The van der Waals surface area contributed by atoms with E-state index in [1.54, 1.807) is 0 Å². The van der Waals surface area contributed by atoms with Gasteiger partial charge in [-0.1, -0.05) is 24.3 Å². The highest BCUT2D eigenvalue weighted by atomic mass is 16.3. The van der Waals surface area contributed by atoms with Crippen molar-refractivity contribution in [3.8, 4) is 0 Å². The van der Waals surface area contributed by atoms with Crippen molar-refractivity contribution < 1.29 is 9.90 Å². The first-order valence-electron chi connectivity index (χ1n) is 4.45. The molecular formula is C11H14NO2. The maximum atomic E-state index is 11.2. The number of carbonyl (C=O) groups is 1. The first kappa shape index (κ1) is 10.7. The Kier molecular flexibility index (Phi) is 3.65. The van der Waals surface area contributed by atoms with Crippen LogP contribution in [0.4, 0.5) is 0 Å². The van der Waals surface area contributed by atoms with Gasteiger partial charge in [-0.2, -0.15) is 0 Å². The third kappa shape index (κ3) is 2.33. The Morgan fingerprint density at radius 2 is 2.07 bits per heavy atom. The molecule has 0 heterocycles. The normalized spacial score (nSPS) is 12.2. The lowest BCUT2D eigenvalue weighted by atomic mass is 9.99. The molecule has 1 unspecified atom stereocenters. The van der Waals surface area contributed by atoms with Gasteiger partial charge in [0.1, 0.15) is 0 Å². The maximum absolute atomic E-state index is 11.2. The monoisotopic (exact) mass is 192 g/mol. The molecule has 75 valence electrons. The van der Waals surface area contributed by atoms with E-state index in [2.05, 4.69) is 12.4 Å². The Labute approximate surface area is 83.8 Å². The molecule has 0 aromatic heterocycles. The van der Waals surface area contributed by atoms with Gasteiger partial charge in [0.15, 0.2) is 0 Å². The van der Waals surface area contributed by atoms with Crippen LogP contribution in [-0.4, -0.2) is 11.0 Å². The minimum absolute atomic E-state index is 0.0240. The second-order valence-electron chi connectivity index (χ2n) is 3.16. The van der Waals surface area contributed by atoms with E-state index < -0.39 is 0 Å². The molecule has 1 atom stereocenters. The van der Waals surface area contributed by atoms with Gasteiger partial charge in [-0.05, 0) is 18.1 Å². The summed E-state index contributed by atoms with van der Waals surface area (Å²) in [5, 5.41) is 11.2. The molecule has 0 spiro atoms. The van der Waals surface area contributed by atoms with Crippen LogP contribution in [0.5, 0.6) is 0 Å². The van der Waals surface area contributed by atoms with Gasteiger partial charge < -0.3 is 10.4 Å². The predicted octanol–water partition coefficient (Wildman–Crippen LogP) is 1.19. The Morgan fingerprint density at radius 1 is 1.50 bits per heavy atom. The van der Waals surface area contributed by atoms with Crippen LogP contribution < -0.4 is 5.32 Å². The maximum Gasteiger partial charge on any atom is 0.227 e. The Hall–Kier alpha value is -1.35. The van der Waals surface area contributed by atoms with Crippen molar-refractivity contribution in [2.45, 2.75) is 19.4 Å². The summed E-state index contributed by atoms with van der Waals surface area (Å²) in [5.74, 6) is -0.318. The fraction of sp³-hybridized carbons (Fsp3) is 0.273. The van der Waals surface area contributed by atoms with Gasteiger partial charge in [0.2, 0.25) is 5.91 Å². The van der Waals surface area contributed by atoms with Crippen LogP contribution in [0.15, 0.2) is 24.3 Å². The second-order valence-corrected chi connectivity index (χ2v) is 3.16. The lowest BCUT2D eigenvalue weighted by Gasteiger charge is -2.10. The Balaban J connectivity index is 2.81. The number of carbonyl (C=O) groups excluding carboxylic acids is 1. The van der Waals surface area contributed by atoms with Gasteiger partial charge in [0, 0.05) is 7.05 Å². The predicted molar refractivity (Wildman–Crippen MR) is 54.3 cm³/mol. The zero-order chi connectivity index (χ0) is 10.6. The van der Waals surface area contributed by atoms with E-state index in [-0.39, 0.29) is 18.4 Å². The summed E-state index contributed by atoms with van der Waals surface area (Å²) >= 11 is 0. The summed E-state index contributed by atoms with van der Waals surface area (Å²) < 4.78 is 0. The molecule has 1 amide bonds. The molecule has 1 radical (unpaired) electrons. The van der Waals surface area contributed by atoms with Crippen LogP contribution in [0.2, 0.25) is 0 Å². The van der Waals surface area contributed by atoms with Gasteiger partial charge in [-0.3, -0.25) is 4.79 Å². The van der Waals surface area contributed by atoms with E-state index in [9.17, 15) is 4.79 Å². The van der Waals surface area contributed by atoms with Crippen molar-refractivity contribution in [2.24, 2.45) is 0 Å². The van der Waals surface area contributed by atoms with Crippen LogP contribution in [0.1, 0.15) is 24.0 Å². The number of aliphatic hydroxyl groups excluding tert-OH is 1. The van der Waals surface area contributed by atoms with E-state index in [0.717, 1.165) is 11.1 Å². The molecule has 2 N–H and O–H groups in total. The Morgan fingerprint density at radius 3 is 2.50 bits per heavy atom. The molecular weight excluding hydrogens is 178 g/mol. The van der Waals surface area contributed by atoms with Crippen LogP contribution in [0.25, 0.3) is 0 Å². The number of rotatable bonds is 3. The molecule has 0 aliphatic rings. The number of nitrogens with one attached hydrogen (secondary N) is 1. The largest absolute Gasteiger partial charge is 0.392 e. The molecule has 1 aromatic rings. The zero-order valence-corrected chi connectivity index (χ0v) is 8.16. The van der Waals surface area contributed by atoms with Crippen LogP contribution in [0, 0.1) is 7.05 Å². The fourth-order valence-corrected chi connectivity index (χ4v) is 1.22.